The van der Waals surface area contributed by atoms with Crippen molar-refractivity contribution in [1.29, 1.82) is 0 Å². The van der Waals surface area contributed by atoms with Gasteiger partial charge in [0.1, 0.15) is 18.9 Å². The number of hydrogen-bond donors (Lipinski definition) is 0. The molecule has 0 unspecified atom stereocenters. The molecule has 2 aromatic carbocycles. The van der Waals surface area contributed by atoms with Crippen molar-refractivity contribution in [3.8, 4) is 11.4 Å². The third-order valence-corrected chi connectivity index (χ3v) is 3.29. The SMILES string of the molecule is [B]c1ccc(-c2ncc3oc4ccccc4c3n2)cc1. The van der Waals surface area contributed by atoms with Crippen molar-refractivity contribution in [1.82, 2.24) is 9.97 Å². The van der Waals surface area contributed by atoms with Crippen LogP contribution in [0.5, 0.6) is 0 Å². The first-order chi connectivity index (χ1) is 9.81. The number of rotatable bonds is 1. The molecule has 2 aromatic heterocycles. The van der Waals surface area contributed by atoms with Crippen LogP contribution in [0, 0.1) is 0 Å². The first-order valence-electron chi connectivity index (χ1n) is 6.31. The Balaban J connectivity index is 1.97. The summed E-state index contributed by atoms with van der Waals surface area (Å²) in [7, 11) is 5.70. The van der Waals surface area contributed by atoms with Gasteiger partial charge in [0.25, 0.3) is 0 Å². The Labute approximate surface area is 116 Å². The van der Waals surface area contributed by atoms with E-state index in [1.165, 1.54) is 0 Å². The molecule has 0 N–H and O–H groups in total. The van der Waals surface area contributed by atoms with Crippen molar-refractivity contribution < 1.29 is 4.42 Å². The molecule has 2 heterocycles. The maximum atomic E-state index is 5.72. The van der Waals surface area contributed by atoms with E-state index < -0.39 is 0 Å². The van der Waals surface area contributed by atoms with E-state index in [4.69, 9.17) is 12.3 Å². The molecule has 20 heavy (non-hydrogen) atoms. The maximum Gasteiger partial charge on any atom is 0.172 e. The van der Waals surface area contributed by atoms with Gasteiger partial charge < -0.3 is 4.42 Å². The summed E-state index contributed by atoms with van der Waals surface area (Å²) >= 11 is 0. The van der Waals surface area contributed by atoms with E-state index in [-0.39, 0.29) is 0 Å². The largest absolute Gasteiger partial charge is 0.453 e. The molecule has 0 atom stereocenters. The predicted molar refractivity (Wildman–Crippen MR) is 80.1 cm³/mol. The van der Waals surface area contributed by atoms with Crippen LogP contribution in [-0.2, 0) is 0 Å². The van der Waals surface area contributed by atoms with E-state index in [1.807, 2.05) is 48.5 Å². The van der Waals surface area contributed by atoms with Crippen molar-refractivity contribution >= 4 is 35.4 Å². The highest BCUT2D eigenvalue weighted by Gasteiger charge is 2.10. The fourth-order valence-electron chi connectivity index (χ4n) is 2.28. The lowest BCUT2D eigenvalue weighted by atomic mass is 9.95. The van der Waals surface area contributed by atoms with Crippen LogP contribution in [0.25, 0.3) is 33.5 Å². The van der Waals surface area contributed by atoms with Gasteiger partial charge in [-0.2, -0.15) is 0 Å². The van der Waals surface area contributed by atoms with Gasteiger partial charge in [-0.3, -0.25) is 0 Å². The molecule has 0 bridgehead atoms. The van der Waals surface area contributed by atoms with Gasteiger partial charge in [0.05, 0.1) is 6.20 Å². The van der Waals surface area contributed by atoms with Crippen LogP contribution in [0.2, 0.25) is 0 Å². The third-order valence-electron chi connectivity index (χ3n) is 3.29. The number of para-hydroxylation sites is 1. The molecule has 4 rings (SSSR count). The van der Waals surface area contributed by atoms with E-state index in [0.29, 0.717) is 11.4 Å². The monoisotopic (exact) mass is 256 g/mol. The summed E-state index contributed by atoms with van der Waals surface area (Å²) in [6.07, 6.45) is 1.72. The summed E-state index contributed by atoms with van der Waals surface area (Å²) in [5.41, 5.74) is 4.02. The summed E-state index contributed by atoms with van der Waals surface area (Å²) in [6, 6.07) is 15.4. The minimum Gasteiger partial charge on any atom is -0.453 e. The van der Waals surface area contributed by atoms with Gasteiger partial charge in [-0.25, -0.2) is 9.97 Å². The normalized spacial score (nSPS) is 11.2. The highest BCUT2D eigenvalue weighted by Crippen LogP contribution is 2.27. The van der Waals surface area contributed by atoms with Crippen LogP contribution in [0.4, 0.5) is 0 Å². The van der Waals surface area contributed by atoms with Gasteiger partial charge in [0.2, 0.25) is 0 Å². The van der Waals surface area contributed by atoms with E-state index in [9.17, 15) is 0 Å². The fraction of sp³-hybridized carbons (Fsp3) is 0. The summed E-state index contributed by atoms with van der Waals surface area (Å²) in [5, 5.41) is 1.00. The van der Waals surface area contributed by atoms with Gasteiger partial charge in [0.15, 0.2) is 11.4 Å². The summed E-state index contributed by atoms with van der Waals surface area (Å²) in [6.45, 7) is 0. The molecule has 0 amide bonds. The van der Waals surface area contributed by atoms with Crippen molar-refractivity contribution in [2.24, 2.45) is 0 Å². The zero-order chi connectivity index (χ0) is 13.5. The average molecular weight is 256 g/mol. The number of hydrogen-bond acceptors (Lipinski definition) is 3. The molecule has 2 radical (unpaired) electrons. The summed E-state index contributed by atoms with van der Waals surface area (Å²) in [4.78, 5) is 8.97. The second-order valence-corrected chi connectivity index (χ2v) is 4.63. The Kier molecular flexibility index (Phi) is 2.36. The Morgan fingerprint density at radius 1 is 0.900 bits per heavy atom. The van der Waals surface area contributed by atoms with Crippen LogP contribution >= 0.6 is 0 Å². The first-order valence-corrected chi connectivity index (χ1v) is 6.31. The molecule has 0 saturated heterocycles. The average Bonchev–Trinajstić information content (AvgIpc) is 2.86. The first kappa shape index (κ1) is 11.2. The Bertz CT molecular complexity index is 913. The van der Waals surface area contributed by atoms with Gasteiger partial charge in [-0.15, -0.1) is 0 Å². The van der Waals surface area contributed by atoms with Gasteiger partial charge in [-0.1, -0.05) is 41.9 Å². The quantitative estimate of drug-likeness (QED) is 0.491. The van der Waals surface area contributed by atoms with Crippen LogP contribution in [0.15, 0.2) is 59.1 Å². The topological polar surface area (TPSA) is 38.9 Å². The molecular weight excluding hydrogens is 247 g/mol. The molecular formula is C16H9BN2O. The summed E-state index contributed by atoms with van der Waals surface area (Å²) in [5.74, 6) is 0.670. The molecule has 3 nitrogen and oxygen atoms in total. The van der Waals surface area contributed by atoms with E-state index >= 15 is 0 Å². The number of furan rings is 1. The van der Waals surface area contributed by atoms with Crippen LogP contribution in [-0.4, -0.2) is 17.8 Å². The molecule has 0 fully saturated rings. The molecule has 0 aliphatic heterocycles. The molecule has 92 valence electrons. The number of fused-ring (bicyclic) bond motifs is 3. The van der Waals surface area contributed by atoms with Crippen molar-refractivity contribution in [3.05, 3.63) is 54.7 Å². The molecule has 0 saturated carbocycles. The molecule has 4 aromatic rings. The minimum atomic E-state index is 0.670. The fourth-order valence-corrected chi connectivity index (χ4v) is 2.28. The Hall–Kier alpha value is -2.62. The van der Waals surface area contributed by atoms with Gasteiger partial charge in [-0.05, 0) is 12.1 Å². The maximum absolute atomic E-state index is 5.72. The molecule has 0 aliphatic rings. The highest BCUT2D eigenvalue weighted by atomic mass is 16.3. The molecule has 4 heteroatoms. The van der Waals surface area contributed by atoms with Crippen LogP contribution < -0.4 is 5.46 Å². The molecule has 0 aliphatic carbocycles. The predicted octanol–water partition coefficient (Wildman–Crippen LogP) is 2.84. The second-order valence-electron chi connectivity index (χ2n) is 4.63. The lowest BCUT2D eigenvalue weighted by Gasteiger charge is -2.00. The van der Waals surface area contributed by atoms with Gasteiger partial charge >= 0.3 is 0 Å². The van der Waals surface area contributed by atoms with E-state index in [0.717, 1.165) is 27.5 Å². The second kappa shape index (κ2) is 4.20. The number of aromatic nitrogens is 2. The van der Waals surface area contributed by atoms with Crippen LogP contribution in [0.3, 0.4) is 0 Å². The zero-order valence-electron chi connectivity index (χ0n) is 10.6. The van der Waals surface area contributed by atoms with Crippen molar-refractivity contribution in [2.45, 2.75) is 0 Å². The Morgan fingerprint density at radius 2 is 1.70 bits per heavy atom. The number of nitrogens with zero attached hydrogens (tertiary/aromatic N) is 2. The van der Waals surface area contributed by atoms with Crippen molar-refractivity contribution in [2.75, 3.05) is 0 Å². The minimum absolute atomic E-state index is 0.670. The van der Waals surface area contributed by atoms with Crippen LogP contribution in [0.1, 0.15) is 0 Å². The third kappa shape index (κ3) is 1.69. The van der Waals surface area contributed by atoms with Crippen molar-refractivity contribution in [3.63, 3.8) is 0 Å². The van der Waals surface area contributed by atoms with Gasteiger partial charge in [0, 0.05) is 10.9 Å². The van der Waals surface area contributed by atoms with E-state index in [1.54, 1.807) is 6.20 Å². The molecule has 0 spiro atoms. The van der Waals surface area contributed by atoms with E-state index in [2.05, 4.69) is 9.97 Å². The Morgan fingerprint density at radius 3 is 2.55 bits per heavy atom. The standard InChI is InChI=1S/C16H9BN2O/c17-11-7-5-10(6-8-11)16-18-9-14-15(19-16)12-3-1-2-4-13(12)20-14/h1-9H. The number of benzene rings is 2. The highest BCUT2D eigenvalue weighted by molar-refractivity contribution is 6.32. The lowest BCUT2D eigenvalue weighted by molar-refractivity contribution is 0.666. The lowest BCUT2D eigenvalue weighted by Crippen LogP contribution is -2.00. The smallest absolute Gasteiger partial charge is 0.172 e. The summed E-state index contributed by atoms with van der Waals surface area (Å²) < 4.78 is 5.72. The zero-order valence-corrected chi connectivity index (χ0v) is 10.6.